The number of nitrogens with two attached hydrogens (primary N) is 2. The van der Waals surface area contributed by atoms with Gasteiger partial charge in [-0.1, -0.05) is 0 Å². The highest BCUT2D eigenvalue weighted by Crippen LogP contribution is 2.15. The monoisotopic (exact) mass is 350 g/mol. The lowest BCUT2D eigenvalue weighted by molar-refractivity contribution is 0.0529. The van der Waals surface area contributed by atoms with Crippen molar-refractivity contribution in [1.82, 2.24) is 9.84 Å². The van der Waals surface area contributed by atoms with E-state index in [1.54, 1.807) is 24.3 Å². The van der Waals surface area contributed by atoms with Gasteiger partial charge in [0.05, 0.1) is 24.0 Å². The van der Waals surface area contributed by atoms with Crippen molar-refractivity contribution < 1.29 is 9.29 Å². The van der Waals surface area contributed by atoms with E-state index in [1.807, 2.05) is 6.07 Å². The second-order valence-electron chi connectivity index (χ2n) is 5.44. The van der Waals surface area contributed by atoms with E-state index in [0.717, 1.165) is 26.1 Å². The number of hydrazine groups is 1. The van der Waals surface area contributed by atoms with Crippen LogP contribution >= 0.6 is 0 Å². The molecular formula is C15H22N6O2S. The maximum Gasteiger partial charge on any atom is 0.173 e. The summed E-state index contributed by atoms with van der Waals surface area (Å²) >= 11 is -1.42. The summed E-state index contributed by atoms with van der Waals surface area (Å²) in [5.74, 6) is 6.66. The van der Waals surface area contributed by atoms with E-state index >= 15 is 0 Å². The quantitative estimate of drug-likeness (QED) is 0.158. The Labute approximate surface area is 144 Å². The molecule has 9 heteroatoms. The number of nitrogens with one attached hydrogen (secondary N) is 1. The molecular weight excluding hydrogens is 328 g/mol. The van der Waals surface area contributed by atoms with E-state index < -0.39 is 11.4 Å². The van der Waals surface area contributed by atoms with Gasteiger partial charge in [-0.05, 0) is 43.0 Å². The number of hydrazone groups is 1. The van der Waals surface area contributed by atoms with Crippen LogP contribution in [0.1, 0.15) is 18.4 Å². The molecule has 1 aliphatic rings. The summed E-state index contributed by atoms with van der Waals surface area (Å²) in [6.07, 6.45) is 1.94. The topological polar surface area (TPSA) is 136 Å². The molecule has 1 atom stereocenters. The van der Waals surface area contributed by atoms with E-state index in [4.69, 9.17) is 21.6 Å². The van der Waals surface area contributed by atoms with Crippen LogP contribution in [0.25, 0.3) is 0 Å². The number of nitrogens with zero attached hydrogens (tertiary/aromatic N) is 3. The Bertz CT molecular complexity index is 583. The van der Waals surface area contributed by atoms with E-state index in [0.29, 0.717) is 28.8 Å². The molecule has 0 aromatic heterocycles. The molecule has 1 saturated heterocycles. The van der Waals surface area contributed by atoms with Gasteiger partial charge >= 0.3 is 0 Å². The first-order valence-electron chi connectivity index (χ1n) is 7.67. The molecule has 1 aromatic carbocycles. The smallest absolute Gasteiger partial charge is 0.173 e. The molecule has 0 radical (unpaired) electrons. The van der Waals surface area contributed by atoms with Crippen molar-refractivity contribution in [2.75, 3.05) is 26.3 Å². The van der Waals surface area contributed by atoms with E-state index in [2.05, 4.69) is 9.82 Å². The summed E-state index contributed by atoms with van der Waals surface area (Å²) < 4.78 is 19.7. The van der Waals surface area contributed by atoms with Crippen LogP contribution in [0, 0.1) is 17.2 Å². The van der Waals surface area contributed by atoms with Crippen molar-refractivity contribution in [2.45, 2.75) is 17.7 Å². The van der Waals surface area contributed by atoms with Gasteiger partial charge in [-0.15, -0.1) is 9.82 Å². The summed E-state index contributed by atoms with van der Waals surface area (Å²) in [6, 6.07) is 8.69. The highest BCUT2D eigenvalue weighted by molar-refractivity contribution is 7.89. The van der Waals surface area contributed by atoms with Crippen LogP contribution in [0.5, 0.6) is 0 Å². The van der Waals surface area contributed by atoms with Gasteiger partial charge in [0.1, 0.15) is 6.54 Å². The summed E-state index contributed by atoms with van der Waals surface area (Å²) in [4.78, 5) is 0.564. The lowest BCUT2D eigenvalue weighted by Crippen LogP contribution is -2.35. The Morgan fingerprint density at radius 1 is 1.42 bits per heavy atom. The summed E-state index contributed by atoms with van der Waals surface area (Å²) in [7, 11) is 0. The maximum atomic E-state index is 11.8. The molecule has 0 amide bonds. The van der Waals surface area contributed by atoms with Gasteiger partial charge in [-0.2, -0.15) is 5.26 Å². The zero-order valence-corrected chi connectivity index (χ0v) is 14.2. The summed E-state index contributed by atoms with van der Waals surface area (Å²) in [6.45, 7) is 2.17. The van der Waals surface area contributed by atoms with Crippen molar-refractivity contribution in [3.63, 3.8) is 0 Å². The second-order valence-corrected chi connectivity index (χ2v) is 6.73. The first kappa shape index (κ1) is 18.5. The Balaban J connectivity index is 1.93. The van der Waals surface area contributed by atoms with Crippen LogP contribution in [-0.2, 0) is 16.1 Å². The number of nitriles is 1. The Kier molecular flexibility index (Phi) is 7.30. The van der Waals surface area contributed by atoms with Gasteiger partial charge in [0.2, 0.25) is 0 Å². The average Bonchev–Trinajstić information content (AvgIpc) is 2.60. The van der Waals surface area contributed by atoms with Crippen molar-refractivity contribution in [2.24, 2.45) is 22.6 Å². The third-order valence-corrected chi connectivity index (χ3v) is 4.78. The fourth-order valence-corrected chi connectivity index (χ4v) is 3.11. The fraction of sp³-hybridized carbons (Fsp3) is 0.467. The minimum atomic E-state index is -1.42. The molecule has 1 aliphatic heterocycles. The van der Waals surface area contributed by atoms with Crippen molar-refractivity contribution in [3.8, 4) is 6.07 Å². The SMILES string of the molecule is N#CCN[S+]([O-])c1ccc(/C(N)=N/N(N)CC2CCOCC2)cc1. The van der Waals surface area contributed by atoms with Gasteiger partial charge in [0.25, 0.3) is 0 Å². The first-order chi connectivity index (χ1) is 11.6. The molecule has 130 valence electrons. The van der Waals surface area contributed by atoms with Crippen LogP contribution in [0.3, 0.4) is 0 Å². The lowest BCUT2D eigenvalue weighted by atomic mass is 10.0. The van der Waals surface area contributed by atoms with Crippen LogP contribution in [0.4, 0.5) is 0 Å². The molecule has 0 spiro atoms. The van der Waals surface area contributed by atoms with Gasteiger partial charge in [-0.3, -0.25) is 0 Å². The second kappa shape index (κ2) is 9.46. The molecule has 24 heavy (non-hydrogen) atoms. The molecule has 1 fully saturated rings. The number of ether oxygens (including phenoxy) is 1. The van der Waals surface area contributed by atoms with Gasteiger partial charge in [-0.25, -0.2) is 11.0 Å². The third kappa shape index (κ3) is 5.67. The average molecular weight is 350 g/mol. The molecule has 8 nitrogen and oxygen atoms in total. The van der Waals surface area contributed by atoms with E-state index in [1.165, 1.54) is 5.12 Å². The highest BCUT2D eigenvalue weighted by Gasteiger charge is 2.16. The Morgan fingerprint density at radius 2 is 2.08 bits per heavy atom. The van der Waals surface area contributed by atoms with Crippen LogP contribution < -0.4 is 16.3 Å². The zero-order chi connectivity index (χ0) is 17.4. The first-order valence-corrected chi connectivity index (χ1v) is 8.82. The summed E-state index contributed by atoms with van der Waals surface area (Å²) in [5.41, 5.74) is 6.67. The number of hydrogen-bond donors (Lipinski definition) is 3. The predicted molar refractivity (Wildman–Crippen MR) is 91.6 cm³/mol. The van der Waals surface area contributed by atoms with Crippen molar-refractivity contribution >= 4 is 17.2 Å². The van der Waals surface area contributed by atoms with Gasteiger partial charge in [0, 0.05) is 18.8 Å². The maximum absolute atomic E-state index is 11.8. The van der Waals surface area contributed by atoms with Crippen molar-refractivity contribution in [3.05, 3.63) is 29.8 Å². The minimum Gasteiger partial charge on any atom is -0.593 e. The molecule has 0 saturated carbocycles. The van der Waals surface area contributed by atoms with Gasteiger partial charge in [0.15, 0.2) is 10.7 Å². The Hall–Kier alpha value is -1.83. The molecule has 1 aromatic rings. The van der Waals surface area contributed by atoms with Crippen molar-refractivity contribution in [1.29, 1.82) is 5.26 Å². The van der Waals surface area contributed by atoms with E-state index in [9.17, 15) is 4.55 Å². The number of benzene rings is 1. The zero-order valence-electron chi connectivity index (χ0n) is 13.4. The van der Waals surface area contributed by atoms with E-state index in [-0.39, 0.29) is 6.54 Å². The van der Waals surface area contributed by atoms with Crippen LogP contribution in [0.15, 0.2) is 34.3 Å². The number of amidine groups is 1. The summed E-state index contributed by atoms with van der Waals surface area (Å²) in [5, 5.41) is 14.0. The predicted octanol–water partition coefficient (Wildman–Crippen LogP) is 0.0450. The molecule has 0 bridgehead atoms. The molecule has 5 N–H and O–H groups in total. The Morgan fingerprint density at radius 3 is 2.71 bits per heavy atom. The largest absolute Gasteiger partial charge is 0.593 e. The molecule has 2 rings (SSSR count). The number of rotatable bonds is 7. The molecule has 1 heterocycles. The van der Waals surface area contributed by atoms with Gasteiger partial charge < -0.3 is 15.0 Å². The molecule has 0 aliphatic carbocycles. The van der Waals surface area contributed by atoms with Crippen LogP contribution in [0.2, 0.25) is 0 Å². The fourth-order valence-electron chi connectivity index (χ4n) is 2.36. The standard InChI is InChI=1S/C15H22N6O2S/c16-7-8-19-24(22)14-3-1-13(2-4-14)15(17)20-21(18)11-12-5-9-23-10-6-12/h1-4,12,19H,5-6,8-11,18H2,(H2,17,20). The lowest BCUT2D eigenvalue weighted by Gasteiger charge is -2.25. The molecule has 1 unspecified atom stereocenters. The number of hydrogen-bond acceptors (Lipinski definition) is 7. The normalized spacial score (nSPS) is 17.3. The minimum absolute atomic E-state index is 0.0201. The highest BCUT2D eigenvalue weighted by atomic mass is 32.2. The third-order valence-electron chi connectivity index (χ3n) is 3.67. The van der Waals surface area contributed by atoms with Crippen LogP contribution in [-0.4, -0.2) is 41.8 Å².